The van der Waals surface area contributed by atoms with E-state index in [0.29, 0.717) is 16.1 Å². The van der Waals surface area contributed by atoms with Crippen LogP contribution in [0.3, 0.4) is 0 Å². The van der Waals surface area contributed by atoms with Gasteiger partial charge in [0.2, 0.25) is 5.78 Å². The van der Waals surface area contributed by atoms with Crippen molar-refractivity contribution < 1.29 is 29.5 Å². The van der Waals surface area contributed by atoms with E-state index in [4.69, 9.17) is 26.3 Å². The number of hydrogen-bond acceptors (Lipinski definition) is 6. The lowest BCUT2D eigenvalue weighted by atomic mass is 10.1. The number of carbonyl (C=O) groups excluding carboxylic acids is 2. The van der Waals surface area contributed by atoms with E-state index in [-0.39, 0.29) is 34.3 Å². The molecule has 1 atom stereocenters. The van der Waals surface area contributed by atoms with Crippen LogP contribution in [-0.2, 0) is 0 Å². The molecule has 150 valence electrons. The number of Topliss-reactive ketones (excluding diaryl/α,β-unsaturated/α-hetero) is 1. The summed E-state index contributed by atoms with van der Waals surface area (Å²) in [5.74, 6) is -0.390. The van der Waals surface area contributed by atoms with Gasteiger partial charge in [0.25, 0.3) is 0 Å². The van der Waals surface area contributed by atoms with Crippen LogP contribution in [0.25, 0.3) is 6.08 Å². The smallest absolute Gasteiger partial charge is 0.343 e. The SMILES string of the molecule is O=C(Oc1ccc2c(c1)OC(=Cc1ccccc1Cl)C2=O)c1ccc([NH+]([O-])O)cc1. The van der Waals surface area contributed by atoms with Crippen molar-refractivity contribution in [2.75, 3.05) is 0 Å². The summed E-state index contributed by atoms with van der Waals surface area (Å²) in [6.07, 6.45) is 1.56. The molecule has 1 aliphatic rings. The fourth-order valence-corrected chi connectivity index (χ4v) is 3.07. The Bertz CT molecular complexity index is 1170. The molecule has 0 aliphatic carbocycles. The number of ketones is 1. The molecular weight excluding hydrogens is 410 g/mol. The van der Waals surface area contributed by atoms with Gasteiger partial charge in [-0.15, -0.1) is 0 Å². The maximum absolute atomic E-state index is 12.6. The molecule has 0 aromatic heterocycles. The predicted molar refractivity (Wildman–Crippen MR) is 108 cm³/mol. The van der Waals surface area contributed by atoms with Crippen molar-refractivity contribution in [1.29, 1.82) is 0 Å². The van der Waals surface area contributed by atoms with Gasteiger partial charge in [0, 0.05) is 23.2 Å². The third kappa shape index (κ3) is 3.96. The van der Waals surface area contributed by atoms with Crippen molar-refractivity contribution >= 4 is 35.1 Å². The number of quaternary nitrogens is 1. The fourth-order valence-electron chi connectivity index (χ4n) is 2.88. The topological polar surface area (TPSA) is 100 Å². The number of nitrogens with one attached hydrogen (secondary N) is 1. The number of rotatable bonds is 4. The van der Waals surface area contributed by atoms with Crippen molar-refractivity contribution in [2.45, 2.75) is 0 Å². The molecule has 0 radical (unpaired) electrons. The Morgan fingerprint density at radius 3 is 2.53 bits per heavy atom. The Morgan fingerprint density at radius 2 is 1.83 bits per heavy atom. The van der Waals surface area contributed by atoms with E-state index in [0.717, 1.165) is 0 Å². The Morgan fingerprint density at radius 1 is 1.10 bits per heavy atom. The first-order valence-electron chi connectivity index (χ1n) is 8.81. The zero-order chi connectivity index (χ0) is 21.3. The summed E-state index contributed by atoms with van der Waals surface area (Å²) in [5.41, 5.74) is 1.25. The number of halogens is 1. The third-order valence-electron chi connectivity index (χ3n) is 4.41. The van der Waals surface area contributed by atoms with Crippen molar-refractivity contribution in [3.05, 3.63) is 99.4 Å². The van der Waals surface area contributed by atoms with Gasteiger partial charge in [-0.25, -0.2) is 10.0 Å². The van der Waals surface area contributed by atoms with Crippen molar-refractivity contribution in [1.82, 2.24) is 0 Å². The molecule has 3 aromatic rings. The summed E-state index contributed by atoms with van der Waals surface area (Å²) in [6.45, 7) is 0. The van der Waals surface area contributed by atoms with E-state index < -0.39 is 11.2 Å². The summed E-state index contributed by atoms with van der Waals surface area (Å²) in [4.78, 5) is 24.9. The highest BCUT2D eigenvalue weighted by Crippen LogP contribution is 2.35. The fraction of sp³-hybridized carbons (Fsp3) is 0. The highest BCUT2D eigenvalue weighted by atomic mass is 35.5. The van der Waals surface area contributed by atoms with Crippen LogP contribution in [0.5, 0.6) is 11.5 Å². The van der Waals surface area contributed by atoms with Gasteiger partial charge < -0.3 is 14.7 Å². The molecule has 0 fully saturated rings. The number of allylic oxidation sites excluding steroid dienone is 1. The highest BCUT2D eigenvalue weighted by Gasteiger charge is 2.28. The van der Waals surface area contributed by atoms with E-state index in [1.807, 2.05) is 0 Å². The standard InChI is InChI=1S/C22H14ClNO6/c23-18-4-2-1-3-14(18)11-20-21(25)17-10-9-16(12-19(17)30-20)29-22(26)13-5-7-15(8-6-13)24(27)28/h1-12,24,27H. The van der Waals surface area contributed by atoms with E-state index >= 15 is 0 Å². The lowest BCUT2D eigenvalue weighted by Gasteiger charge is -2.11. The normalized spacial score (nSPS) is 14.9. The van der Waals surface area contributed by atoms with Gasteiger partial charge in [-0.05, 0) is 42.0 Å². The average Bonchev–Trinajstić information content (AvgIpc) is 3.04. The van der Waals surface area contributed by atoms with Crippen molar-refractivity contribution in [3.8, 4) is 11.5 Å². The summed E-state index contributed by atoms with van der Waals surface area (Å²) in [7, 11) is 0. The van der Waals surface area contributed by atoms with Crippen molar-refractivity contribution in [2.24, 2.45) is 0 Å². The molecule has 0 saturated heterocycles. The Balaban J connectivity index is 1.53. The third-order valence-corrected chi connectivity index (χ3v) is 4.76. The van der Waals surface area contributed by atoms with Gasteiger partial charge in [-0.3, -0.25) is 4.79 Å². The summed E-state index contributed by atoms with van der Waals surface area (Å²) >= 11 is 6.13. The van der Waals surface area contributed by atoms with Crippen molar-refractivity contribution in [3.63, 3.8) is 0 Å². The van der Waals surface area contributed by atoms with Gasteiger partial charge in [0.15, 0.2) is 11.4 Å². The number of hydrogen-bond donors (Lipinski definition) is 2. The molecule has 4 rings (SSSR count). The largest absolute Gasteiger partial charge is 0.595 e. The van der Waals surface area contributed by atoms with Crippen LogP contribution in [0, 0.1) is 5.21 Å². The van der Waals surface area contributed by atoms with Crippen LogP contribution in [-0.4, -0.2) is 17.0 Å². The van der Waals surface area contributed by atoms with Crippen LogP contribution in [0.4, 0.5) is 5.69 Å². The number of esters is 1. The maximum atomic E-state index is 12.6. The Hall–Kier alpha value is -3.49. The quantitative estimate of drug-likeness (QED) is 0.288. The van der Waals surface area contributed by atoms with E-state index in [9.17, 15) is 14.8 Å². The molecule has 2 N–H and O–H groups in total. The van der Waals surface area contributed by atoms with Crippen LogP contribution in [0.2, 0.25) is 5.02 Å². The van der Waals surface area contributed by atoms with Crippen LogP contribution in [0.1, 0.15) is 26.3 Å². The van der Waals surface area contributed by atoms with Gasteiger partial charge in [-0.2, -0.15) is 5.23 Å². The number of fused-ring (bicyclic) bond motifs is 1. The summed E-state index contributed by atoms with van der Waals surface area (Å²) < 4.78 is 11.0. The Kier molecular flexibility index (Phi) is 5.35. The molecule has 0 bridgehead atoms. The second-order valence-electron chi connectivity index (χ2n) is 6.39. The second-order valence-corrected chi connectivity index (χ2v) is 6.80. The molecule has 1 unspecified atom stereocenters. The minimum absolute atomic E-state index is 0.0637. The number of benzene rings is 3. The molecule has 8 heteroatoms. The van der Waals surface area contributed by atoms with E-state index in [2.05, 4.69) is 0 Å². The lowest BCUT2D eigenvalue weighted by molar-refractivity contribution is -0.991. The van der Waals surface area contributed by atoms with Crippen LogP contribution in [0.15, 0.2) is 72.5 Å². The average molecular weight is 424 g/mol. The van der Waals surface area contributed by atoms with Gasteiger partial charge in [0.05, 0.1) is 11.1 Å². The molecule has 0 spiro atoms. The zero-order valence-corrected chi connectivity index (χ0v) is 16.1. The van der Waals surface area contributed by atoms with Gasteiger partial charge >= 0.3 is 5.97 Å². The first-order chi connectivity index (χ1) is 14.4. The maximum Gasteiger partial charge on any atom is 0.343 e. The zero-order valence-electron chi connectivity index (χ0n) is 15.3. The molecule has 3 aromatic carbocycles. The molecule has 1 aliphatic heterocycles. The first kappa shape index (κ1) is 19.8. The van der Waals surface area contributed by atoms with Crippen LogP contribution < -0.4 is 14.7 Å². The molecule has 0 saturated carbocycles. The summed E-state index contributed by atoms with van der Waals surface area (Å²) in [6, 6.07) is 16.9. The summed E-state index contributed by atoms with van der Waals surface area (Å²) in [5, 5.41) is 19.2. The second kappa shape index (κ2) is 8.10. The number of ether oxygens (including phenoxy) is 2. The lowest BCUT2D eigenvalue weighted by Crippen LogP contribution is -2.99. The van der Waals surface area contributed by atoms with E-state index in [1.54, 1.807) is 30.3 Å². The minimum Gasteiger partial charge on any atom is -0.595 e. The Labute approximate surface area is 175 Å². The van der Waals surface area contributed by atoms with Gasteiger partial charge in [-0.1, -0.05) is 29.8 Å². The molecule has 30 heavy (non-hydrogen) atoms. The van der Waals surface area contributed by atoms with Gasteiger partial charge in [0.1, 0.15) is 11.5 Å². The minimum atomic E-state index is -1.09. The molecular formula is C22H14ClNO6. The highest BCUT2D eigenvalue weighted by molar-refractivity contribution is 6.32. The monoisotopic (exact) mass is 423 g/mol. The number of carbonyl (C=O) groups is 2. The molecule has 0 amide bonds. The van der Waals surface area contributed by atoms with E-state index in [1.165, 1.54) is 42.5 Å². The van der Waals surface area contributed by atoms with Crippen LogP contribution >= 0.6 is 11.6 Å². The molecule has 7 nitrogen and oxygen atoms in total. The predicted octanol–water partition coefficient (Wildman–Crippen LogP) is 3.58. The molecule has 1 heterocycles. The first-order valence-corrected chi connectivity index (χ1v) is 9.18.